The van der Waals surface area contributed by atoms with Crippen molar-refractivity contribution in [2.75, 3.05) is 0 Å². The first-order valence-electron chi connectivity index (χ1n) is 6.01. The first-order chi connectivity index (χ1) is 7.80. The van der Waals surface area contributed by atoms with Crippen LogP contribution in [0.5, 0.6) is 0 Å². The van der Waals surface area contributed by atoms with Crippen LogP contribution in [0.2, 0.25) is 0 Å². The average Bonchev–Trinajstić information content (AvgIpc) is 2.80. The average molecular weight is 230 g/mol. The van der Waals surface area contributed by atoms with Gasteiger partial charge in [0.1, 0.15) is 5.60 Å². The van der Waals surface area contributed by atoms with E-state index in [9.17, 15) is 5.11 Å². The first-order valence-corrected chi connectivity index (χ1v) is 6.83. The molecule has 1 heterocycles. The molecule has 0 radical (unpaired) electrons. The van der Waals surface area contributed by atoms with Crippen LogP contribution in [0, 0.1) is 11.8 Å². The molecule has 16 heavy (non-hydrogen) atoms. The second-order valence-electron chi connectivity index (χ2n) is 5.12. The summed E-state index contributed by atoms with van der Waals surface area (Å²) < 4.78 is 1.30. The second kappa shape index (κ2) is 2.88. The van der Waals surface area contributed by atoms with E-state index in [0.717, 1.165) is 0 Å². The summed E-state index contributed by atoms with van der Waals surface area (Å²) in [6.07, 6.45) is 3.74. The molecule has 1 aromatic heterocycles. The van der Waals surface area contributed by atoms with Crippen molar-refractivity contribution in [2.24, 2.45) is 11.8 Å². The number of hydrogen-bond donors (Lipinski definition) is 1. The highest BCUT2D eigenvalue weighted by Crippen LogP contribution is 2.67. The summed E-state index contributed by atoms with van der Waals surface area (Å²) in [6.45, 7) is 0. The van der Waals surface area contributed by atoms with Gasteiger partial charge in [0.25, 0.3) is 0 Å². The third-order valence-corrected chi connectivity index (χ3v) is 5.61. The van der Waals surface area contributed by atoms with Gasteiger partial charge in [0, 0.05) is 9.58 Å². The summed E-state index contributed by atoms with van der Waals surface area (Å²) in [5, 5.41) is 12.0. The van der Waals surface area contributed by atoms with E-state index in [-0.39, 0.29) is 0 Å². The molecule has 2 atom stereocenters. The Bertz CT molecular complexity index is 514. The lowest BCUT2D eigenvalue weighted by Gasteiger charge is -2.11. The van der Waals surface area contributed by atoms with Crippen LogP contribution in [0.15, 0.2) is 30.3 Å². The molecule has 2 heteroatoms. The minimum absolute atomic E-state index is 0.456. The van der Waals surface area contributed by atoms with Gasteiger partial charge in [-0.25, -0.2) is 0 Å². The molecule has 2 aromatic rings. The zero-order valence-corrected chi connectivity index (χ0v) is 9.83. The third kappa shape index (κ3) is 0.994. The Morgan fingerprint density at radius 3 is 2.69 bits per heavy atom. The zero-order valence-electron chi connectivity index (χ0n) is 9.02. The quantitative estimate of drug-likeness (QED) is 0.794. The van der Waals surface area contributed by atoms with Crippen molar-refractivity contribution < 1.29 is 5.11 Å². The lowest BCUT2D eigenvalue weighted by Crippen LogP contribution is -2.10. The molecule has 1 N–H and O–H groups in total. The first kappa shape index (κ1) is 9.20. The van der Waals surface area contributed by atoms with Gasteiger partial charge in [0.15, 0.2) is 0 Å². The summed E-state index contributed by atoms with van der Waals surface area (Å²) in [5.74, 6) is 1.11. The van der Waals surface area contributed by atoms with Gasteiger partial charge in [0.05, 0.1) is 0 Å². The Morgan fingerprint density at radius 1 is 1.19 bits per heavy atom. The fraction of sp³-hybridized carbons (Fsp3) is 0.429. The molecule has 0 bridgehead atoms. The van der Waals surface area contributed by atoms with Crippen molar-refractivity contribution in [1.82, 2.24) is 0 Å². The molecule has 1 nitrogen and oxygen atoms in total. The fourth-order valence-electron chi connectivity index (χ4n) is 3.47. The zero-order chi connectivity index (χ0) is 10.8. The molecular weight excluding hydrogens is 216 g/mol. The standard InChI is InChI=1S/C14H14OS/c15-14(10-5-3-6-11(10)14)13-8-9-4-1-2-7-12(9)16-13/h1-2,4,7-8,10-11,15H,3,5-6H2. The van der Waals surface area contributed by atoms with Crippen molar-refractivity contribution in [3.05, 3.63) is 35.2 Å². The number of aliphatic hydroxyl groups is 1. The normalized spacial score (nSPS) is 36.6. The Balaban J connectivity index is 1.83. The molecule has 1 aromatic carbocycles. The Kier molecular flexibility index (Phi) is 1.65. The second-order valence-corrected chi connectivity index (χ2v) is 6.20. The molecule has 2 saturated carbocycles. The van der Waals surface area contributed by atoms with Crippen molar-refractivity contribution in [3.63, 3.8) is 0 Å². The predicted molar refractivity (Wildman–Crippen MR) is 66.6 cm³/mol. The fourth-order valence-corrected chi connectivity index (χ4v) is 4.75. The van der Waals surface area contributed by atoms with E-state index in [2.05, 4.69) is 30.3 Å². The van der Waals surface area contributed by atoms with E-state index in [1.165, 1.54) is 34.2 Å². The topological polar surface area (TPSA) is 20.2 Å². The molecule has 2 aliphatic rings. The lowest BCUT2D eigenvalue weighted by molar-refractivity contribution is 0.109. The van der Waals surface area contributed by atoms with Crippen LogP contribution in [-0.4, -0.2) is 5.11 Å². The van der Waals surface area contributed by atoms with Gasteiger partial charge in [-0.2, -0.15) is 0 Å². The minimum Gasteiger partial charge on any atom is -0.384 e. The lowest BCUT2D eigenvalue weighted by atomic mass is 10.1. The van der Waals surface area contributed by atoms with E-state index in [0.29, 0.717) is 11.8 Å². The van der Waals surface area contributed by atoms with Crippen LogP contribution in [0.4, 0.5) is 0 Å². The molecule has 2 aliphatic carbocycles. The maximum absolute atomic E-state index is 10.7. The van der Waals surface area contributed by atoms with Gasteiger partial charge < -0.3 is 5.11 Å². The van der Waals surface area contributed by atoms with E-state index >= 15 is 0 Å². The van der Waals surface area contributed by atoms with E-state index in [1.807, 2.05) is 0 Å². The van der Waals surface area contributed by atoms with Crippen LogP contribution in [0.3, 0.4) is 0 Å². The van der Waals surface area contributed by atoms with Crippen LogP contribution in [-0.2, 0) is 5.60 Å². The molecule has 0 saturated heterocycles. The van der Waals surface area contributed by atoms with E-state index in [1.54, 1.807) is 11.3 Å². The molecule has 82 valence electrons. The largest absolute Gasteiger partial charge is 0.384 e. The number of rotatable bonds is 1. The van der Waals surface area contributed by atoms with Crippen molar-refractivity contribution in [1.29, 1.82) is 0 Å². The van der Waals surface area contributed by atoms with Crippen LogP contribution >= 0.6 is 11.3 Å². The Morgan fingerprint density at radius 2 is 1.94 bits per heavy atom. The van der Waals surface area contributed by atoms with Crippen LogP contribution < -0.4 is 0 Å². The summed E-state index contributed by atoms with van der Waals surface area (Å²) in [6, 6.07) is 10.6. The maximum atomic E-state index is 10.7. The SMILES string of the molecule is OC1(c2cc3ccccc3s2)C2CCCC21. The van der Waals surface area contributed by atoms with Gasteiger partial charge in [0.2, 0.25) is 0 Å². The highest BCUT2D eigenvalue weighted by atomic mass is 32.1. The summed E-state index contributed by atoms with van der Waals surface area (Å²) in [5.41, 5.74) is -0.456. The summed E-state index contributed by atoms with van der Waals surface area (Å²) in [7, 11) is 0. The van der Waals surface area contributed by atoms with Crippen molar-refractivity contribution in [3.8, 4) is 0 Å². The van der Waals surface area contributed by atoms with Crippen LogP contribution in [0.1, 0.15) is 24.1 Å². The number of fused-ring (bicyclic) bond motifs is 2. The van der Waals surface area contributed by atoms with E-state index < -0.39 is 5.60 Å². The molecule has 4 rings (SSSR count). The van der Waals surface area contributed by atoms with Crippen LogP contribution in [0.25, 0.3) is 10.1 Å². The number of thiophene rings is 1. The summed E-state index contributed by atoms with van der Waals surface area (Å²) in [4.78, 5) is 1.20. The molecule has 0 amide bonds. The molecule has 2 fully saturated rings. The highest BCUT2D eigenvalue weighted by molar-refractivity contribution is 7.19. The molecular formula is C14H14OS. The predicted octanol–water partition coefficient (Wildman–Crippen LogP) is 3.52. The number of benzene rings is 1. The Labute approximate surface area is 98.7 Å². The molecule has 0 aliphatic heterocycles. The number of hydrogen-bond acceptors (Lipinski definition) is 2. The van der Waals surface area contributed by atoms with E-state index in [4.69, 9.17) is 0 Å². The minimum atomic E-state index is -0.456. The Hall–Kier alpha value is -0.860. The van der Waals surface area contributed by atoms with Gasteiger partial charge in [-0.05, 0) is 42.2 Å². The highest BCUT2D eigenvalue weighted by Gasteiger charge is 2.66. The molecule has 0 spiro atoms. The van der Waals surface area contributed by atoms with Gasteiger partial charge in [-0.1, -0.05) is 24.6 Å². The summed E-state index contributed by atoms with van der Waals surface area (Å²) >= 11 is 1.77. The van der Waals surface area contributed by atoms with Gasteiger partial charge in [-0.15, -0.1) is 11.3 Å². The maximum Gasteiger partial charge on any atom is 0.105 e. The smallest absolute Gasteiger partial charge is 0.105 e. The third-order valence-electron chi connectivity index (χ3n) is 4.36. The molecule has 2 unspecified atom stereocenters. The monoisotopic (exact) mass is 230 g/mol. The van der Waals surface area contributed by atoms with Crippen molar-refractivity contribution >= 4 is 21.4 Å². The van der Waals surface area contributed by atoms with Gasteiger partial charge in [-0.3, -0.25) is 0 Å². The van der Waals surface area contributed by atoms with Crippen molar-refractivity contribution in [2.45, 2.75) is 24.9 Å². The van der Waals surface area contributed by atoms with Gasteiger partial charge >= 0.3 is 0 Å².